The van der Waals surface area contributed by atoms with E-state index in [0.717, 1.165) is 0 Å². The summed E-state index contributed by atoms with van der Waals surface area (Å²) >= 11 is 0. The van der Waals surface area contributed by atoms with Gasteiger partial charge in [0.25, 0.3) is 0 Å². The molecule has 1 heterocycles. The van der Waals surface area contributed by atoms with E-state index >= 15 is 0 Å². The Bertz CT molecular complexity index is 837. The van der Waals surface area contributed by atoms with Gasteiger partial charge in [-0.1, -0.05) is 58.9 Å². The summed E-state index contributed by atoms with van der Waals surface area (Å²) in [6.45, 7) is 12.3. The summed E-state index contributed by atoms with van der Waals surface area (Å²) in [4.78, 5) is 0. The molecule has 132 valence electrons. The van der Waals surface area contributed by atoms with Gasteiger partial charge in [0.05, 0.1) is 5.54 Å². The average molecular weight is 334 g/mol. The highest BCUT2D eigenvalue weighted by Crippen LogP contribution is 2.65. The third kappa shape index (κ3) is 2.20. The molecule has 2 bridgehead atoms. The summed E-state index contributed by atoms with van der Waals surface area (Å²) in [7, 11) is 0. The maximum Gasteiger partial charge on any atom is 0.0644 e. The van der Waals surface area contributed by atoms with Gasteiger partial charge < -0.3 is 5.32 Å². The van der Waals surface area contributed by atoms with Crippen LogP contribution in [0.4, 0.5) is 5.69 Å². The van der Waals surface area contributed by atoms with Crippen LogP contribution in [0.5, 0.6) is 0 Å². The zero-order valence-corrected chi connectivity index (χ0v) is 16.4. The smallest absolute Gasteiger partial charge is 0.0644 e. The SMILES string of the molecule is CC1(C)CC2=CC3(C)CC(C)(C)CC4(C3)Nc3ccccc3C(=C24)C1. The molecule has 0 saturated heterocycles. The topological polar surface area (TPSA) is 12.0 Å². The molecule has 1 spiro atoms. The lowest BCUT2D eigenvalue weighted by atomic mass is 9.48. The Morgan fingerprint density at radius 1 is 0.840 bits per heavy atom. The van der Waals surface area contributed by atoms with E-state index in [0.29, 0.717) is 16.2 Å². The molecule has 2 atom stereocenters. The van der Waals surface area contributed by atoms with Gasteiger partial charge in [0.1, 0.15) is 0 Å². The molecule has 1 saturated carbocycles. The first-order valence-electron chi connectivity index (χ1n) is 9.94. The van der Waals surface area contributed by atoms with E-state index in [1.807, 2.05) is 0 Å². The molecule has 25 heavy (non-hydrogen) atoms. The second-order valence-corrected chi connectivity index (χ2v) is 11.1. The van der Waals surface area contributed by atoms with Crippen LogP contribution < -0.4 is 5.32 Å². The molecular weight excluding hydrogens is 302 g/mol. The lowest BCUT2D eigenvalue weighted by molar-refractivity contribution is 0.0837. The molecule has 1 nitrogen and oxygen atoms in total. The average Bonchev–Trinajstić information content (AvgIpc) is 2.41. The molecule has 0 aromatic heterocycles. The van der Waals surface area contributed by atoms with E-state index in [1.165, 1.54) is 43.4 Å². The van der Waals surface area contributed by atoms with Crippen LogP contribution in [-0.2, 0) is 0 Å². The summed E-state index contributed by atoms with van der Waals surface area (Å²) < 4.78 is 0. The molecular formula is C24H31N. The van der Waals surface area contributed by atoms with Crippen molar-refractivity contribution >= 4 is 11.3 Å². The molecule has 1 heteroatoms. The molecule has 0 radical (unpaired) electrons. The molecule has 3 aliphatic carbocycles. The van der Waals surface area contributed by atoms with Crippen molar-refractivity contribution in [2.45, 2.75) is 72.3 Å². The van der Waals surface area contributed by atoms with Crippen molar-refractivity contribution in [3.8, 4) is 0 Å². The van der Waals surface area contributed by atoms with Crippen molar-refractivity contribution in [3.05, 3.63) is 47.1 Å². The van der Waals surface area contributed by atoms with Crippen LogP contribution in [0.25, 0.3) is 5.57 Å². The first-order chi connectivity index (χ1) is 11.6. The van der Waals surface area contributed by atoms with Gasteiger partial charge in [-0.25, -0.2) is 0 Å². The zero-order chi connectivity index (χ0) is 17.7. The Morgan fingerprint density at radius 3 is 2.40 bits per heavy atom. The third-order valence-corrected chi connectivity index (χ3v) is 6.94. The normalized spacial score (nSPS) is 36.8. The van der Waals surface area contributed by atoms with E-state index in [1.54, 1.807) is 16.7 Å². The Hall–Kier alpha value is -1.50. The Labute approximate surface area is 152 Å². The molecule has 1 fully saturated rings. The van der Waals surface area contributed by atoms with Crippen LogP contribution in [0.1, 0.15) is 72.3 Å². The highest BCUT2D eigenvalue weighted by atomic mass is 15.0. The number of hydrogen-bond acceptors (Lipinski definition) is 1. The van der Waals surface area contributed by atoms with Crippen LogP contribution in [-0.4, -0.2) is 5.54 Å². The number of benzene rings is 1. The maximum atomic E-state index is 4.08. The highest BCUT2D eigenvalue weighted by molar-refractivity contribution is 5.88. The minimum atomic E-state index is 0.140. The number of allylic oxidation sites excluding steroid dienone is 2. The van der Waals surface area contributed by atoms with Crippen molar-refractivity contribution in [1.82, 2.24) is 0 Å². The van der Waals surface area contributed by atoms with Gasteiger partial charge in [0.15, 0.2) is 0 Å². The number of anilines is 1. The summed E-state index contributed by atoms with van der Waals surface area (Å²) in [5.74, 6) is 0. The fourth-order valence-corrected chi connectivity index (χ4v) is 7.13. The largest absolute Gasteiger partial charge is 0.375 e. The Balaban J connectivity index is 1.83. The van der Waals surface area contributed by atoms with Crippen LogP contribution in [0, 0.1) is 16.2 Å². The van der Waals surface area contributed by atoms with Gasteiger partial charge in [-0.05, 0) is 71.1 Å². The van der Waals surface area contributed by atoms with Crippen LogP contribution in [0.3, 0.4) is 0 Å². The molecule has 0 amide bonds. The number of para-hydroxylation sites is 1. The number of rotatable bonds is 0. The molecule has 1 N–H and O–H groups in total. The predicted octanol–water partition coefficient (Wildman–Crippen LogP) is 6.58. The molecule has 5 rings (SSSR count). The van der Waals surface area contributed by atoms with Crippen molar-refractivity contribution in [1.29, 1.82) is 0 Å². The number of hydrogen-bond donors (Lipinski definition) is 1. The fourth-order valence-electron chi connectivity index (χ4n) is 7.13. The van der Waals surface area contributed by atoms with Gasteiger partial charge in [-0.15, -0.1) is 0 Å². The molecule has 2 unspecified atom stereocenters. The molecule has 4 aliphatic rings. The second kappa shape index (κ2) is 4.42. The third-order valence-electron chi connectivity index (χ3n) is 6.94. The summed E-state index contributed by atoms with van der Waals surface area (Å²) in [6, 6.07) is 9.02. The lowest BCUT2D eigenvalue weighted by Gasteiger charge is -2.61. The van der Waals surface area contributed by atoms with Crippen LogP contribution in [0.15, 0.2) is 41.5 Å². The zero-order valence-electron chi connectivity index (χ0n) is 16.4. The molecule has 1 aromatic carbocycles. The van der Waals surface area contributed by atoms with Crippen LogP contribution in [0.2, 0.25) is 0 Å². The van der Waals surface area contributed by atoms with Gasteiger partial charge in [0.2, 0.25) is 0 Å². The minimum Gasteiger partial charge on any atom is -0.375 e. The lowest BCUT2D eigenvalue weighted by Crippen LogP contribution is -2.57. The van der Waals surface area contributed by atoms with Crippen molar-refractivity contribution < 1.29 is 0 Å². The highest BCUT2D eigenvalue weighted by Gasteiger charge is 2.57. The van der Waals surface area contributed by atoms with Gasteiger partial charge in [-0.3, -0.25) is 0 Å². The van der Waals surface area contributed by atoms with E-state index < -0.39 is 0 Å². The van der Waals surface area contributed by atoms with Crippen molar-refractivity contribution in [2.75, 3.05) is 5.32 Å². The first kappa shape index (κ1) is 15.7. The number of nitrogens with one attached hydrogen (secondary N) is 1. The molecule has 1 aliphatic heterocycles. The predicted molar refractivity (Wildman–Crippen MR) is 107 cm³/mol. The summed E-state index contributed by atoms with van der Waals surface area (Å²) in [6.07, 6.45) is 8.92. The Morgan fingerprint density at radius 2 is 1.60 bits per heavy atom. The minimum absolute atomic E-state index is 0.140. The maximum absolute atomic E-state index is 4.08. The summed E-state index contributed by atoms with van der Waals surface area (Å²) in [5.41, 5.74) is 8.96. The number of fused-ring (bicyclic) bond motifs is 3. The van der Waals surface area contributed by atoms with Gasteiger partial charge in [-0.2, -0.15) is 0 Å². The van der Waals surface area contributed by atoms with Crippen molar-refractivity contribution in [3.63, 3.8) is 0 Å². The Kier molecular flexibility index (Phi) is 2.78. The van der Waals surface area contributed by atoms with Gasteiger partial charge in [0, 0.05) is 11.3 Å². The molecule has 1 aromatic rings. The van der Waals surface area contributed by atoms with E-state index in [-0.39, 0.29) is 5.54 Å². The van der Waals surface area contributed by atoms with Crippen LogP contribution >= 0.6 is 0 Å². The monoisotopic (exact) mass is 333 g/mol. The quantitative estimate of drug-likeness (QED) is 0.565. The second-order valence-electron chi connectivity index (χ2n) is 11.1. The van der Waals surface area contributed by atoms with E-state index in [2.05, 4.69) is 70.3 Å². The van der Waals surface area contributed by atoms with Gasteiger partial charge >= 0.3 is 0 Å². The first-order valence-corrected chi connectivity index (χ1v) is 9.94. The fraction of sp³-hybridized carbons (Fsp3) is 0.583. The van der Waals surface area contributed by atoms with E-state index in [9.17, 15) is 0 Å². The van der Waals surface area contributed by atoms with Crippen molar-refractivity contribution in [2.24, 2.45) is 16.2 Å². The standard InChI is InChI=1S/C24H31N/c1-21(2)10-16-11-23(5)13-22(3,4)14-24(15-23)20(16)18(12-21)17-8-6-7-9-19(17)25-24/h6-9,11,25H,10,12-15H2,1-5H3. The summed E-state index contributed by atoms with van der Waals surface area (Å²) in [5, 5.41) is 4.08. The van der Waals surface area contributed by atoms with E-state index in [4.69, 9.17) is 0 Å².